The Kier molecular flexibility index (Phi) is 3.53. The molecule has 3 heteroatoms. The highest BCUT2D eigenvalue weighted by atomic mass is 16.2. The molecule has 1 aliphatic heterocycles. The second kappa shape index (κ2) is 4.30. The highest BCUT2D eigenvalue weighted by Gasteiger charge is 2.35. The summed E-state index contributed by atoms with van der Waals surface area (Å²) >= 11 is 0. The fraction of sp³-hybridized carbons (Fsp3) is 0.909. The van der Waals surface area contributed by atoms with Crippen molar-refractivity contribution in [3.05, 3.63) is 0 Å². The molecule has 1 saturated heterocycles. The first-order chi connectivity index (χ1) is 6.43. The summed E-state index contributed by atoms with van der Waals surface area (Å²) in [5.74, 6) is 1.96. The Morgan fingerprint density at radius 3 is 2.14 bits per heavy atom. The number of hydrogen-bond donors (Lipinski definition) is 1. The molecular formula is C11H22N2O. The van der Waals surface area contributed by atoms with Gasteiger partial charge in [-0.15, -0.1) is 0 Å². The number of nitrogens with zero attached hydrogens (tertiary/aromatic N) is 1. The largest absolute Gasteiger partial charge is 0.339 e. The van der Waals surface area contributed by atoms with E-state index in [1.165, 1.54) is 0 Å². The van der Waals surface area contributed by atoms with Crippen molar-refractivity contribution < 1.29 is 4.79 Å². The summed E-state index contributed by atoms with van der Waals surface area (Å²) in [7, 11) is 0. The molecule has 1 atom stereocenters. The molecule has 0 aliphatic carbocycles. The maximum Gasteiger partial charge on any atom is 0.241 e. The van der Waals surface area contributed by atoms with Gasteiger partial charge in [-0.2, -0.15) is 0 Å². The van der Waals surface area contributed by atoms with Crippen LogP contribution < -0.4 is 5.73 Å². The molecular weight excluding hydrogens is 176 g/mol. The van der Waals surface area contributed by atoms with E-state index in [1.807, 2.05) is 4.90 Å². The second-order valence-electron chi connectivity index (χ2n) is 5.00. The molecule has 1 fully saturated rings. The van der Waals surface area contributed by atoms with Gasteiger partial charge >= 0.3 is 0 Å². The van der Waals surface area contributed by atoms with E-state index >= 15 is 0 Å². The summed E-state index contributed by atoms with van der Waals surface area (Å²) in [5, 5.41) is 0. The minimum Gasteiger partial charge on any atom is -0.339 e. The van der Waals surface area contributed by atoms with Crippen molar-refractivity contribution >= 4 is 5.91 Å². The topological polar surface area (TPSA) is 46.3 Å². The van der Waals surface area contributed by atoms with Crippen LogP contribution in [0.5, 0.6) is 0 Å². The molecule has 14 heavy (non-hydrogen) atoms. The Balaban J connectivity index is 2.45. The minimum atomic E-state index is -0.227. The molecule has 1 unspecified atom stereocenters. The quantitative estimate of drug-likeness (QED) is 0.687. The van der Waals surface area contributed by atoms with Crippen molar-refractivity contribution in [2.45, 2.75) is 33.7 Å². The summed E-state index contributed by atoms with van der Waals surface area (Å²) in [5.41, 5.74) is 5.55. The van der Waals surface area contributed by atoms with E-state index < -0.39 is 0 Å². The van der Waals surface area contributed by atoms with E-state index in [0.29, 0.717) is 17.8 Å². The zero-order chi connectivity index (χ0) is 10.9. The van der Waals surface area contributed by atoms with Crippen LogP contribution >= 0.6 is 0 Å². The Morgan fingerprint density at radius 1 is 1.36 bits per heavy atom. The summed E-state index contributed by atoms with van der Waals surface area (Å²) in [6, 6.07) is -0.227. The number of likely N-dealkylation sites (tertiary alicyclic amines) is 1. The van der Waals surface area contributed by atoms with Crippen molar-refractivity contribution in [1.29, 1.82) is 0 Å². The van der Waals surface area contributed by atoms with E-state index in [4.69, 9.17) is 5.73 Å². The number of hydrogen-bond acceptors (Lipinski definition) is 2. The lowest BCUT2D eigenvalue weighted by molar-refractivity contribution is -0.143. The van der Waals surface area contributed by atoms with E-state index in [1.54, 1.807) is 0 Å². The SMILES string of the molecule is CC(C)C(CN1CC(N)C1=O)C(C)C. The zero-order valence-electron chi connectivity index (χ0n) is 9.66. The van der Waals surface area contributed by atoms with E-state index in [2.05, 4.69) is 27.7 Å². The summed E-state index contributed by atoms with van der Waals surface area (Å²) in [6.45, 7) is 10.5. The molecule has 1 amide bonds. The number of nitrogens with two attached hydrogens (primary N) is 1. The van der Waals surface area contributed by atoms with Crippen molar-refractivity contribution in [3.63, 3.8) is 0 Å². The molecule has 3 nitrogen and oxygen atoms in total. The first-order valence-corrected chi connectivity index (χ1v) is 5.47. The molecule has 1 heterocycles. The predicted molar refractivity (Wildman–Crippen MR) is 57.7 cm³/mol. The van der Waals surface area contributed by atoms with Gasteiger partial charge in [0.1, 0.15) is 6.04 Å². The van der Waals surface area contributed by atoms with Crippen LogP contribution in [0.2, 0.25) is 0 Å². The first-order valence-electron chi connectivity index (χ1n) is 5.47. The maximum absolute atomic E-state index is 11.3. The van der Waals surface area contributed by atoms with Gasteiger partial charge in [-0.3, -0.25) is 4.79 Å². The van der Waals surface area contributed by atoms with Crippen molar-refractivity contribution in [2.75, 3.05) is 13.1 Å². The Hall–Kier alpha value is -0.570. The van der Waals surface area contributed by atoms with Gasteiger partial charge in [0.05, 0.1) is 0 Å². The lowest BCUT2D eigenvalue weighted by atomic mass is 9.84. The molecule has 0 aromatic carbocycles. The molecule has 1 aliphatic rings. The number of amides is 1. The van der Waals surface area contributed by atoms with Crippen LogP contribution in [0, 0.1) is 17.8 Å². The average molecular weight is 198 g/mol. The monoisotopic (exact) mass is 198 g/mol. The van der Waals surface area contributed by atoms with Crippen LogP contribution in [0.25, 0.3) is 0 Å². The molecule has 0 spiro atoms. The Bertz CT molecular complexity index is 205. The third-order valence-electron chi connectivity index (χ3n) is 3.19. The number of carbonyl (C=O) groups excluding carboxylic acids is 1. The van der Waals surface area contributed by atoms with Crippen LogP contribution in [-0.4, -0.2) is 29.9 Å². The summed E-state index contributed by atoms with van der Waals surface area (Å²) in [6.07, 6.45) is 0. The lowest BCUT2D eigenvalue weighted by Crippen LogP contribution is -2.62. The van der Waals surface area contributed by atoms with E-state index in [-0.39, 0.29) is 11.9 Å². The number of rotatable bonds is 4. The molecule has 0 saturated carbocycles. The van der Waals surface area contributed by atoms with Gasteiger partial charge in [0, 0.05) is 13.1 Å². The summed E-state index contributed by atoms with van der Waals surface area (Å²) < 4.78 is 0. The highest BCUT2D eigenvalue weighted by molar-refractivity contribution is 5.87. The summed E-state index contributed by atoms with van der Waals surface area (Å²) in [4.78, 5) is 13.2. The van der Waals surface area contributed by atoms with Crippen LogP contribution in [0.1, 0.15) is 27.7 Å². The van der Waals surface area contributed by atoms with Gasteiger partial charge < -0.3 is 10.6 Å². The van der Waals surface area contributed by atoms with Crippen molar-refractivity contribution in [2.24, 2.45) is 23.5 Å². The van der Waals surface area contributed by atoms with Gasteiger partial charge in [0.15, 0.2) is 0 Å². The molecule has 82 valence electrons. The van der Waals surface area contributed by atoms with Gasteiger partial charge in [0.2, 0.25) is 5.91 Å². The fourth-order valence-electron chi connectivity index (χ4n) is 2.14. The van der Waals surface area contributed by atoms with Crippen LogP contribution in [0.3, 0.4) is 0 Å². The predicted octanol–water partition coefficient (Wildman–Crippen LogP) is 1.08. The zero-order valence-corrected chi connectivity index (χ0v) is 9.66. The standard InChI is InChI=1S/C11H22N2O/c1-7(2)9(8(3)4)5-13-6-10(12)11(13)14/h7-10H,5-6,12H2,1-4H3. The second-order valence-corrected chi connectivity index (χ2v) is 5.00. The van der Waals surface area contributed by atoms with Crippen molar-refractivity contribution in [1.82, 2.24) is 4.90 Å². The first kappa shape index (κ1) is 11.5. The Labute approximate surface area is 86.6 Å². The number of β-lactam (4-membered cyclic amide) rings is 1. The molecule has 0 aromatic rings. The van der Waals surface area contributed by atoms with Crippen LogP contribution in [-0.2, 0) is 4.79 Å². The van der Waals surface area contributed by atoms with Crippen LogP contribution in [0.15, 0.2) is 0 Å². The van der Waals surface area contributed by atoms with Gasteiger partial charge in [-0.25, -0.2) is 0 Å². The molecule has 1 rings (SSSR count). The lowest BCUT2D eigenvalue weighted by Gasteiger charge is -2.40. The molecule has 0 aromatic heterocycles. The molecule has 0 bridgehead atoms. The van der Waals surface area contributed by atoms with Gasteiger partial charge in [0.25, 0.3) is 0 Å². The molecule has 2 N–H and O–H groups in total. The third-order valence-corrected chi connectivity index (χ3v) is 3.19. The number of carbonyl (C=O) groups is 1. The smallest absolute Gasteiger partial charge is 0.241 e. The van der Waals surface area contributed by atoms with Gasteiger partial charge in [-0.05, 0) is 17.8 Å². The van der Waals surface area contributed by atoms with E-state index in [0.717, 1.165) is 13.1 Å². The third kappa shape index (κ3) is 2.27. The fourth-order valence-corrected chi connectivity index (χ4v) is 2.14. The van der Waals surface area contributed by atoms with Gasteiger partial charge in [-0.1, -0.05) is 27.7 Å². The highest BCUT2D eigenvalue weighted by Crippen LogP contribution is 2.23. The Morgan fingerprint density at radius 2 is 1.86 bits per heavy atom. The van der Waals surface area contributed by atoms with Crippen molar-refractivity contribution in [3.8, 4) is 0 Å². The van der Waals surface area contributed by atoms with Crippen LogP contribution in [0.4, 0.5) is 0 Å². The minimum absolute atomic E-state index is 0.122. The average Bonchev–Trinajstić information content (AvgIpc) is 2.09. The van der Waals surface area contributed by atoms with E-state index in [9.17, 15) is 4.79 Å². The maximum atomic E-state index is 11.3. The normalized spacial score (nSPS) is 22.4. The molecule has 0 radical (unpaired) electrons.